The molecule has 1 saturated carbocycles. The van der Waals surface area contributed by atoms with Crippen LogP contribution >= 0.6 is 24.0 Å². The van der Waals surface area contributed by atoms with Gasteiger partial charge >= 0.3 is 0 Å². The molecule has 1 saturated heterocycles. The molecule has 0 radical (unpaired) electrons. The van der Waals surface area contributed by atoms with Crippen LogP contribution in [0.1, 0.15) is 44.1 Å². The van der Waals surface area contributed by atoms with Crippen molar-refractivity contribution in [2.24, 2.45) is 10.4 Å². The number of ether oxygens (including phenoxy) is 1. The second-order valence-electron chi connectivity index (χ2n) is 9.58. The highest BCUT2D eigenvalue weighted by molar-refractivity contribution is 14.0. The fourth-order valence-corrected chi connectivity index (χ4v) is 4.49. The Morgan fingerprint density at radius 3 is 2.48 bits per heavy atom. The van der Waals surface area contributed by atoms with Crippen molar-refractivity contribution in [1.82, 2.24) is 20.4 Å². The maximum absolute atomic E-state index is 12.1. The van der Waals surface area contributed by atoms with Crippen molar-refractivity contribution in [3.63, 3.8) is 0 Å². The highest BCUT2D eigenvalue weighted by Gasteiger charge is 2.36. The molecule has 1 aromatic carbocycles. The Balaban J connectivity index is 0.00000385. The van der Waals surface area contributed by atoms with Crippen LogP contribution in [0.15, 0.2) is 35.3 Å². The molecule has 33 heavy (non-hydrogen) atoms. The number of piperidine rings is 1. The normalized spacial score (nSPS) is 18.7. The van der Waals surface area contributed by atoms with Gasteiger partial charge in [-0.15, -0.1) is 24.0 Å². The minimum atomic E-state index is 0. The summed E-state index contributed by atoms with van der Waals surface area (Å²) in [5.41, 5.74) is 1.66. The van der Waals surface area contributed by atoms with Gasteiger partial charge in [-0.3, -0.25) is 9.69 Å². The van der Waals surface area contributed by atoms with E-state index in [0.717, 1.165) is 58.0 Å². The largest absolute Gasteiger partial charge is 0.385 e. The molecule has 3 rings (SSSR count). The average Bonchev–Trinajstić information content (AvgIpc) is 2.78. The Hall–Kier alpha value is -1.39. The summed E-state index contributed by atoms with van der Waals surface area (Å²) in [4.78, 5) is 20.8. The zero-order chi connectivity index (χ0) is 22.8. The molecule has 0 spiro atoms. The lowest BCUT2D eigenvalue weighted by Gasteiger charge is -2.42. The number of nitrogens with zero attached hydrogens (tertiary/aromatic N) is 3. The topological polar surface area (TPSA) is 69.2 Å². The Morgan fingerprint density at radius 1 is 1.21 bits per heavy atom. The summed E-state index contributed by atoms with van der Waals surface area (Å²) in [5, 5.41) is 7.18. The molecule has 8 heteroatoms. The van der Waals surface area contributed by atoms with Gasteiger partial charge in [0.05, 0.1) is 0 Å². The monoisotopic (exact) mass is 571 g/mol. The number of hydrogen-bond acceptors (Lipinski definition) is 4. The molecule has 1 amide bonds. The summed E-state index contributed by atoms with van der Waals surface area (Å²) < 4.78 is 5.33. The number of carbonyl (C=O) groups is 1. The van der Waals surface area contributed by atoms with Crippen LogP contribution in [0.25, 0.3) is 0 Å². The molecule has 0 aromatic heterocycles. The van der Waals surface area contributed by atoms with Gasteiger partial charge in [-0.2, -0.15) is 0 Å². The number of hydrogen-bond donors (Lipinski definition) is 2. The molecule has 186 valence electrons. The second kappa shape index (κ2) is 14.1. The van der Waals surface area contributed by atoms with E-state index in [1.165, 1.54) is 24.8 Å². The van der Waals surface area contributed by atoms with Crippen molar-refractivity contribution < 1.29 is 9.53 Å². The first-order valence-electron chi connectivity index (χ1n) is 12.0. The highest BCUT2D eigenvalue weighted by Crippen LogP contribution is 2.43. The predicted octanol–water partition coefficient (Wildman–Crippen LogP) is 3.10. The fraction of sp³-hybridized carbons (Fsp3) is 0.680. The number of halogens is 1. The van der Waals surface area contributed by atoms with E-state index in [0.29, 0.717) is 11.5 Å². The number of guanidine groups is 1. The number of benzene rings is 1. The van der Waals surface area contributed by atoms with Gasteiger partial charge in [-0.25, -0.2) is 4.99 Å². The Kier molecular flexibility index (Phi) is 11.9. The Labute approximate surface area is 216 Å². The lowest BCUT2D eigenvalue weighted by molar-refractivity contribution is -0.127. The third-order valence-electron chi connectivity index (χ3n) is 6.93. The van der Waals surface area contributed by atoms with E-state index in [2.05, 4.69) is 50.9 Å². The Bertz CT molecular complexity index is 732. The van der Waals surface area contributed by atoms with Gasteiger partial charge in [0, 0.05) is 60.0 Å². The van der Waals surface area contributed by atoms with E-state index in [1.54, 1.807) is 26.1 Å². The summed E-state index contributed by atoms with van der Waals surface area (Å²) in [6, 6.07) is 11.0. The SMILES string of the molecule is COCCC1(CNC(=NCC(=O)N(C)C)NC2CCN(Cc3ccccc3)CC2)CCC1.I. The molecule has 2 fully saturated rings. The zero-order valence-electron chi connectivity index (χ0n) is 20.5. The number of carbonyl (C=O) groups excluding carboxylic acids is 1. The number of likely N-dealkylation sites (tertiary alicyclic amines) is 1. The van der Waals surface area contributed by atoms with Gasteiger partial charge in [0.1, 0.15) is 6.54 Å². The second-order valence-corrected chi connectivity index (χ2v) is 9.58. The van der Waals surface area contributed by atoms with Crippen LogP contribution in [-0.2, 0) is 16.1 Å². The first-order valence-corrected chi connectivity index (χ1v) is 12.0. The summed E-state index contributed by atoms with van der Waals surface area (Å²) >= 11 is 0. The number of amides is 1. The van der Waals surface area contributed by atoms with Crippen LogP contribution in [0.4, 0.5) is 0 Å². The van der Waals surface area contributed by atoms with Crippen molar-refractivity contribution in [3.8, 4) is 0 Å². The highest BCUT2D eigenvalue weighted by atomic mass is 127. The van der Waals surface area contributed by atoms with Crippen LogP contribution in [0, 0.1) is 5.41 Å². The minimum Gasteiger partial charge on any atom is -0.385 e. The number of rotatable bonds is 10. The van der Waals surface area contributed by atoms with Crippen LogP contribution in [0.3, 0.4) is 0 Å². The molecule has 2 N–H and O–H groups in total. The predicted molar refractivity (Wildman–Crippen MR) is 145 cm³/mol. The van der Waals surface area contributed by atoms with Crippen molar-refractivity contribution in [1.29, 1.82) is 0 Å². The van der Waals surface area contributed by atoms with Crippen LogP contribution in [0.5, 0.6) is 0 Å². The molecule has 1 heterocycles. The van der Waals surface area contributed by atoms with E-state index in [-0.39, 0.29) is 36.4 Å². The number of methoxy groups -OCH3 is 1. The fourth-order valence-electron chi connectivity index (χ4n) is 4.49. The molecule has 1 aromatic rings. The molecule has 7 nitrogen and oxygen atoms in total. The maximum atomic E-state index is 12.1. The lowest BCUT2D eigenvalue weighted by Crippen LogP contribution is -2.52. The van der Waals surface area contributed by atoms with Crippen LogP contribution < -0.4 is 10.6 Å². The van der Waals surface area contributed by atoms with Gasteiger partial charge in [0.2, 0.25) is 5.91 Å². The molecular weight excluding hydrogens is 529 g/mol. The summed E-state index contributed by atoms with van der Waals surface area (Å²) in [6.45, 7) is 4.97. The lowest BCUT2D eigenvalue weighted by atomic mass is 9.67. The van der Waals surface area contributed by atoms with Crippen molar-refractivity contribution in [3.05, 3.63) is 35.9 Å². The molecular formula is C25H42IN5O2. The van der Waals surface area contributed by atoms with Crippen molar-refractivity contribution >= 4 is 35.8 Å². The first-order chi connectivity index (χ1) is 15.5. The molecule has 2 aliphatic rings. The van der Waals surface area contributed by atoms with Crippen LogP contribution in [0.2, 0.25) is 0 Å². The first kappa shape index (κ1) is 27.9. The molecule has 0 bridgehead atoms. The van der Waals surface area contributed by atoms with Crippen LogP contribution in [-0.4, -0.2) is 81.7 Å². The standard InChI is InChI=1S/C25H41N5O2.HI/c1-29(2)23(31)18-26-24(27-20-25(12-7-13-25)14-17-32-3)28-22-10-15-30(16-11-22)19-21-8-5-4-6-9-21;/h4-6,8-9,22H,7,10-20H2,1-3H3,(H2,26,27,28);1H. The smallest absolute Gasteiger partial charge is 0.243 e. The zero-order valence-corrected chi connectivity index (χ0v) is 22.8. The molecule has 0 atom stereocenters. The van der Waals surface area contributed by atoms with E-state index >= 15 is 0 Å². The number of aliphatic imine (C=N–C) groups is 1. The van der Waals surface area contributed by atoms with Gasteiger partial charge in [-0.05, 0) is 43.1 Å². The quantitative estimate of drug-likeness (QED) is 0.257. The van der Waals surface area contributed by atoms with Gasteiger partial charge < -0.3 is 20.3 Å². The summed E-state index contributed by atoms with van der Waals surface area (Å²) in [5.74, 6) is 0.784. The molecule has 0 unspecified atom stereocenters. The number of likely N-dealkylation sites (N-methyl/N-ethyl adjacent to an activating group) is 1. The molecule has 1 aliphatic heterocycles. The third-order valence-corrected chi connectivity index (χ3v) is 6.93. The number of nitrogens with one attached hydrogen (secondary N) is 2. The van der Waals surface area contributed by atoms with E-state index in [4.69, 9.17) is 4.74 Å². The summed E-state index contributed by atoms with van der Waals surface area (Å²) in [6.07, 6.45) is 6.95. The van der Waals surface area contributed by atoms with Crippen molar-refractivity contribution in [2.75, 3.05) is 54.0 Å². The molecule has 1 aliphatic carbocycles. The van der Waals surface area contributed by atoms with E-state index in [9.17, 15) is 4.79 Å². The summed E-state index contributed by atoms with van der Waals surface area (Å²) in [7, 11) is 5.31. The maximum Gasteiger partial charge on any atom is 0.243 e. The average molecular weight is 572 g/mol. The van der Waals surface area contributed by atoms with Crippen molar-refractivity contribution in [2.45, 2.75) is 51.1 Å². The Morgan fingerprint density at radius 2 is 1.91 bits per heavy atom. The minimum absolute atomic E-state index is 0. The third kappa shape index (κ3) is 9.05. The van der Waals surface area contributed by atoms with E-state index < -0.39 is 0 Å². The van der Waals surface area contributed by atoms with Gasteiger partial charge in [0.25, 0.3) is 0 Å². The van der Waals surface area contributed by atoms with Gasteiger partial charge in [-0.1, -0.05) is 36.8 Å². The van der Waals surface area contributed by atoms with Gasteiger partial charge in [0.15, 0.2) is 5.96 Å². The van der Waals surface area contributed by atoms with E-state index in [1.807, 2.05) is 0 Å².